The van der Waals surface area contributed by atoms with Crippen LogP contribution in [0.1, 0.15) is 29.5 Å². The van der Waals surface area contributed by atoms with Gasteiger partial charge in [0.05, 0.1) is 27.9 Å². The third kappa shape index (κ3) is 5.19. The van der Waals surface area contributed by atoms with E-state index in [1.807, 2.05) is 18.2 Å². The fourth-order valence-corrected chi connectivity index (χ4v) is 5.13. The van der Waals surface area contributed by atoms with Gasteiger partial charge in [0.15, 0.2) is 0 Å². The quantitative estimate of drug-likeness (QED) is 0.543. The van der Waals surface area contributed by atoms with Crippen molar-refractivity contribution in [3.05, 3.63) is 88.4 Å². The van der Waals surface area contributed by atoms with Gasteiger partial charge >= 0.3 is 0 Å². The molecule has 0 radical (unpaired) electrons. The number of para-hydroxylation sites is 1. The Morgan fingerprint density at radius 1 is 1.06 bits per heavy atom. The maximum atomic E-state index is 13.2. The van der Waals surface area contributed by atoms with Crippen LogP contribution >= 0.6 is 11.6 Å². The van der Waals surface area contributed by atoms with Gasteiger partial charge in [-0.2, -0.15) is 5.26 Å². The van der Waals surface area contributed by atoms with Crippen LogP contribution in [-0.4, -0.2) is 20.9 Å². The molecule has 0 atom stereocenters. The molecule has 0 spiro atoms. The maximum Gasteiger partial charge on any atom is 0.261 e. The van der Waals surface area contributed by atoms with E-state index in [1.165, 1.54) is 24.3 Å². The zero-order chi connectivity index (χ0) is 23.4. The second-order valence-corrected chi connectivity index (χ2v) is 9.95. The molecule has 1 heterocycles. The molecule has 1 amide bonds. The van der Waals surface area contributed by atoms with Gasteiger partial charge in [-0.25, -0.2) is 8.42 Å². The summed E-state index contributed by atoms with van der Waals surface area (Å²) in [5, 5.41) is 9.39. The van der Waals surface area contributed by atoms with Crippen LogP contribution in [0.3, 0.4) is 0 Å². The van der Waals surface area contributed by atoms with Crippen molar-refractivity contribution in [2.45, 2.75) is 30.6 Å². The number of carbonyl (C=O) groups excluding carboxylic acids is 1. The Kier molecular flexibility index (Phi) is 6.68. The van der Waals surface area contributed by atoms with Gasteiger partial charge in [0.1, 0.15) is 0 Å². The molecule has 0 bridgehead atoms. The molecule has 33 heavy (non-hydrogen) atoms. The molecule has 0 saturated carbocycles. The summed E-state index contributed by atoms with van der Waals surface area (Å²) in [6.45, 7) is 0.527. The summed E-state index contributed by atoms with van der Waals surface area (Å²) in [6.07, 6.45) is 2.40. The molecule has 3 aromatic rings. The van der Waals surface area contributed by atoms with E-state index in [4.69, 9.17) is 16.9 Å². The largest absolute Gasteiger partial charge is 0.310 e. The molecular weight excluding hydrogens is 458 g/mol. The van der Waals surface area contributed by atoms with E-state index >= 15 is 0 Å². The smallest absolute Gasteiger partial charge is 0.261 e. The zero-order valence-electron chi connectivity index (χ0n) is 17.8. The van der Waals surface area contributed by atoms with Crippen LogP contribution in [0.5, 0.6) is 0 Å². The summed E-state index contributed by atoms with van der Waals surface area (Å²) in [7, 11) is -3.85. The summed E-state index contributed by atoms with van der Waals surface area (Å²) >= 11 is 5.89. The number of nitrogens with zero attached hydrogens (tertiary/aromatic N) is 2. The molecule has 0 aromatic heterocycles. The number of nitriles is 1. The molecule has 1 aliphatic heterocycles. The Hall–Kier alpha value is -3.34. The first-order valence-corrected chi connectivity index (χ1v) is 12.4. The minimum atomic E-state index is -3.85. The number of anilines is 2. The van der Waals surface area contributed by atoms with Crippen molar-refractivity contribution in [1.29, 1.82) is 5.26 Å². The summed E-state index contributed by atoms with van der Waals surface area (Å²) in [5.74, 6) is -0.0709. The predicted octanol–water partition coefficient (Wildman–Crippen LogP) is 4.92. The SMILES string of the molecule is N#Cc1ccc(CCC(=O)N2CCCc3cccc(NS(=O)(=O)c4ccc(Cl)cc4)c32)cc1. The first kappa shape index (κ1) is 22.8. The average molecular weight is 480 g/mol. The van der Waals surface area contributed by atoms with Crippen LogP contribution in [0.25, 0.3) is 0 Å². The lowest BCUT2D eigenvalue weighted by Gasteiger charge is -2.32. The van der Waals surface area contributed by atoms with Gasteiger partial charge in [-0.05, 0) is 72.9 Å². The number of nitrogens with one attached hydrogen (secondary N) is 1. The standard InChI is InChI=1S/C25H22ClN3O3S/c26-21-11-13-22(14-12-21)33(31,32)28-23-5-1-3-20-4-2-16-29(25(20)23)24(30)15-10-18-6-8-19(17-27)9-7-18/h1,3,5-9,11-14,28H,2,4,10,15-16H2. The Labute approximate surface area is 198 Å². The topological polar surface area (TPSA) is 90.3 Å². The van der Waals surface area contributed by atoms with E-state index in [1.54, 1.807) is 29.2 Å². The molecule has 0 saturated heterocycles. The van der Waals surface area contributed by atoms with Gasteiger partial charge in [-0.1, -0.05) is 35.9 Å². The third-order valence-corrected chi connectivity index (χ3v) is 7.23. The van der Waals surface area contributed by atoms with Crippen molar-refractivity contribution >= 4 is 38.9 Å². The van der Waals surface area contributed by atoms with E-state index < -0.39 is 10.0 Å². The van der Waals surface area contributed by atoms with Crippen LogP contribution in [-0.2, 0) is 27.7 Å². The normalized spacial score (nSPS) is 13.2. The summed E-state index contributed by atoms with van der Waals surface area (Å²) in [6, 6.07) is 20.6. The highest BCUT2D eigenvalue weighted by atomic mass is 35.5. The van der Waals surface area contributed by atoms with Gasteiger partial charge in [0.25, 0.3) is 10.0 Å². The molecule has 8 heteroatoms. The van der Waals surface area contributed by atoms with Crippen LogP contribution in [0, 0.1) is 11.3 Å². The molecule has 0 unspecified atom stereocenters. The van der Waals surface area contributed by atoms with Gasteiger partial charge in [-0.15, -0.1) is 0 Å². The zero-order valence-corrected chi connectivity index (χ0v) is 19.4. The number of fused-ring (bicyclic) bond motifs is 1. The molecule has 3 aromatic carbocycles. The molecule has 4 rings (SSSR count). The van der Waals surface area contributed by atoms with E-state index in [0.717, 1.165) is 24.0 Å². The second-order valence-electron chi connectivity index (χ2n) is 7.83. The summed E-state index contributed by atoms with van der Waals surface area (Å²) in [4.78, 5) is 14.9. The summed E-state index contributed by atoms with van der Waals surface area (Å²) in [5.41, 5.74) is 3.48. The van der Waals surface area contributed by atoms with Crippen molar-refractivity contribution in [3.63, 3.8) is 0 Å². The minimum Gasteiger partial charge on any atom is -0.310 e. The number of hydrogen-bond donors (Lipinski definition) is 1. The van der Waals surface area contributed by atoms with E-state index in [0.29, 0.717) is 34.9 Å². The number of benzene rings is 3. The number of sulfonamides is 1. The molecule has 1 aliphatic rings. The molecule has 1 N–H and O–H groups in total. The number of aryl methyl sites for hydroxylation is 2. The molecule has 168 valence electrons. The molecule has 0 fully saturated rings. The highest BCUT2D eigenvalue weighted by Gasteiger charge is 2.27. The molecule has 6 nitrogen and oxygen atoms in total. The maximum absolute atomic E-state index is 13.2. The second kappa shape index (κ2) is 9.65. The predicted molar refractivity (Wildman–Crippen MR) is 129 cm³/mol. The highest BCUT2D eigenvalue weighted by Crippen LogP contribution is 2.36. The van der Waals surface area contributed by atoms with Crippen molar-refractivity contribution < 1.29 is 13.2 Å². The number of carbonyl (C=O) groups is 1. The lowest BCUT2D eigenvalue weighted by atomic mass is 9.99. The first-order chi connectivity index (χ1) is 15.9. The van der Waals surface area contributed by atoms with Crippen molar-refractivity contribution in [3.8, 4) is 6.07 Å². The monoisotopic (exact) mass is 479 g/mol. The van der Waals surface area contributed by atoms with Crippen LogP contribution in [0.2, 0.25) is 5.02 Å². The van der Waals surface area contributed by atoms with Crippen LogP contribution in [0.15, 0.2) is 71.6 Å². The van der Waals surface area contributed by atoms with Crippen LogP contribution in [0.4, 0.5) is 11.4 Å². The average Bonchev–Trinajstić information content (AvgIpc) is 2.82. The Morgan fingerprint density at radius 3 is 2.48 bits per heavy atom. The van der Waals surface area contributed by atoms with E-state index in [9.17, 15) is 13.2 Å². The highest BCUT2D eigenvalue weighted by molar-refractivity contribution is 7.92. The van der Waals surface area contributed by atoms with Crippen molar-refractivity contribution in [2.75, 3.05) is 16.2 Å². The Bertz CT molecular complexity index is 1310. The van der Waals surface area contributed by atoms with Gasteiger partial charge in [0.2, 0.25) is 5.91 Å². The lowest BCUT2D eigenvalue weighted by Crippen LogP contribution is -2.36. The van der Waals surface area contributed by atoms with Crippen LogP contribution < -0.4 is 9.62 Å². The fraction of sp³-hybridized carbons (Fsp3) is 0.200. The van der Waals surface area contributed by atoms with Gasteiger partial charge in [0, 0.05) is 18.0 Å². The lowest BCUT2D eigenvalue weighted by molar-refractivity contribution is -0.118. The molecular formula is C25H22ClN3O3S. The Morgan fingerprint density at radius 2 is 1.79 bits per heavy atom. The number of amides is 1. The van der Waals surface area contributed by atoms with Crippen molar-refractivity contribution in [2.24, 2.45) is 0 Å². The third-order valence-electron chi connectivity index (χ3n) is 5.60. The fourth-order valence-electron chi connectivity index (χ4n) is 3.93. The Balaban J connectivity index is 1.57. The first-order valence-electron chi connectivity index (χ1n) is 10.6. The molecule has 0 aliphatic carbocycles. The minimum absolute atomic E-state index is 0.0709. The number of halogens is 1. The van der Waals surface area contributed by atoms with Gasteiger partial charge < -0.3 is 4.90 Å². The number of rotatable bonds is 6. The van der Waals surface area contributed by atoms with E-state index in [2.05, 4.69) is 10.8 Å². The number of hydrogen-bond acceptors (Lipinski definition) is 4. The summed E-state index contributed by atoms with van der Waals surface area (Å²) < 4.78 is 28.6. The van der Waals surface area contributed by atoms with Crippen molar-refractivity contribution in [1.82, 2.24) is 0 Å². The van der Waals surface area contributed by atoms with Gasteiger partial charge in [-0.3, -0.25) is 9.52 Å². The van der Waals surface area contributed by atoms with E-state index in [-0.39, 0.29) is 17.2 Å².